The summed E-state index contributed by atoms with van der Waals surface area (Å²) in [6.07, 6.45) is 1.93. The van der Waals surface area contributed by atoms with Crippen molar-refractivity contribution in [2.75, 3.05) is 0 Å². The molecule has 0 spiro atoms. The lowest BCUT2D eigenvalue weighted by Crippen LogP contribution is -2.23. The van der Waals surface area contributed by atoms with Crippen LogP contribution >= 0.6 is 0 Å². The average Bonchev–Trinajstić information content (AvgIpc) is 2.95. The molecular formula is C22H23NO3. The minimum atomic E-state index is -0.544. The van der Waals surface area contributed by atoms with Crippen molar-refractivity contribution in [3.05, 3.63) is 59.2 Å². The molecule has 0 heterocycles. The molecule has 0 aromatic heterocycles. The van der Waals surface area contributed by atoms with Crippen molar-refractivity contribution in [3.63, 3.8) is 0 Å². The largest absolute Gasteiger partial charge is 0.331 e. The van der Waals surface area contributed by atoms with Crippen LogP contribution in [-0.4, -0.2) is 17.5 Å². The maximum absolute atomic E-state index is 12.7. The molecule has 1 aliphatic carbocycles. The van der Waals surface area contributed by atoms with Gasteiger partial charge in [-0.05, 0) is 48.1 Å². The van der Waals surface area contributed by atoms with E-state index in [2.05, 4.69) is 48.1 Å². The zero-order chi connectivity index (χ0) is 18.9. The highest BCUT2D eigenvalue weighted by Crippen LogP contribution is 2.52. The summed E-state index contributed by atoms with van der Waals surface area (Å²) in [5.74, 6) is -0.774. The fourth-order valence-corrected chi connectivity index (χ4v) is 3.99. The van der Waals surface area contributed by atoms with Gasteiger partial charge < -0.3 is 4.84 Å². The number of nitrogens with zero attached hydrogens (tertiary/aromatic N) is 1. The maximum Gasteiger partial charge on any atom is 0.331 e. The number of ketones is 1. The smallest absolute Gasteiger partial charge is 0.318 e. The van der Waals surface area contributed by atoms with Crippen molar-refractivity contribution in [3.8, 4) is 11.1 Å². The van der Waals surface area contributed by atoms with Gasteiger partial charge in [0.05, 0.1) is 0 Å². The van der Waals surface area contributed by atoms with E-state index in [1.807, 2.05) is 18.2 Å². The summed E-state index contributed by atoms with van der Waals surface area (Å²) in [5.41, 5.74) is 5.60. The molecule has 0 atom stereocenters. The van der Waals surface area contributed by atoms with E-state index in [4.69, 9.17) is 0 Å². The van der Waals surface area contributed by atoms with Crippen LogP contribution in [0, 0.1) is 0 Å². The Balaban J connectivity index is 2.09. The van der Waals surface area contributed by atoms with Crippen molar-refractivity contribution >= 4 is 17.5 Å². The fourth-order valence-electron chi connectivity index (χ4n) is 3.99. The van der Waals surface area contributed by atoms with Gasteiger partial charge in [0, 0.05) is 17.9 Å². The Kier molecular flexibility index (Phi) is 4.77. The second-order valence-corrected chi connectivity index (χ2v) is 6.68. The standard InChI is InChI=1S/C22H23NO3/c1-5-22(6-2)19-10-8-7-9-17(19)18-12-11-16(13-20(18)22)21(25)14(3)23-26-15(4)24/h7-13H,5-6H2,1-4H3/b23-14+. The third kappa shape index (κ3) is 2.75. The van der Waals surface area contributed by atoms with Crippen LogP contribution in [0.5, 0.6) is 0 Å². The van der Waals surface area contributed by atoms with E-state index < -0.39 is 5.97 Å². The van der Waals surface area contributed by atoms with Crippen LogP contribution in [0.2, 0.25) is 0 Å². The van der Waals surface area contributed by atoms with Crippen LogP contribution in [0.4, 0.5) is 0 Å². The predicted molar refractivity (Wildman–Crippen MR) is 102 cm³/mol. The minimum absolute atomic E-state index is 0.0802. The molecule has 0 aliphatic heterocycles. The molecule has 0 unspecified atom stereocenters. The highest BCUT2D eigenvalue weighted by molar-refractivity contribution is 6.45. The van der Waals surface area contributed by atoms with Gasteiger partial charge in [0.1, 0.15) is 5.71 Å². The zero-order valence-corrected chi connectivity index (χ0v) is 15.6. The van der Waals surface area contributed by atoms with Gasteiger partial charge in [-0.1, -0.05) is 55.4 Å². The third-order valence-corrected chi connectivity index (χ3v) is 5.38. The van der Waals surface area contributed by atoms with Gasteiger partial charge in [-0.15, -0.1) is 0 Å². The highest BCUT2D eigenvalue weighted by Gasteiger charge is 2.40. The molecule has 0 amide bonds. The number of rotatable bonds is 5. The lowest BCUT2D eigenvalue weighted by Gasteiger charge is -2.29. The molecule has 134 valence electrons. The Bertz CT molecular complexity index is 907. The van der Waals surface area contributed by atoms with Crippen molar-refractivity contribution in [1.82, 2.24) is 0 Å². The number of hydrogen-bond donors (Lipinski definition) is 0. The fraction of sp³-hybridized carbons (Fsp3) is 0.318. The van der Waals surface area contributed by atoms with E-state index in [1.165, 1.54) is 29.2 Å². The normalized spacial score (nSPS) is 14.5. The second-order valence-electron chi connectivity index (χ2n) is 6.68. The maximum atomic E-state index is 12.7. The molecule has 2 aromatic carbocycles. The van der Waals surface area contributed by atoms with E-state index in [1.54, 1.807) is 6.92 Å². The number of fused-ring (bicyclic) bond motifs is 3. The molecule has 0 saturated carbocycles. The molecule has 0 saturated heterocycles. The molecule has 1 aliphatic rings. The Hall–Kier alpha value is -2.75. The predicted octanol–water partition coefficient (Wildman–Crippen LogP) is 4.89. The number of hydrogen-bond acceptors (Lipinski definition) is 4. The Morgan fingerprint density at radius 2 is 1.62 bits per heavy atom. The Labute approximate surface area is 153 Å². The summed E-state index contributed by atoms with van der Waals surface area (Å²) < 4.78 is 0. The van der Waals surface area contributed by atoms with Gasteiger partial charge in [-0.2, -0.15) is 0 Å². The summed E-state index contributed by atoms with van der Waals surface area (Å²) in [5, 5.41) is 3.63. The van der Waals surface area contributed by atoms with Crippen molar-refractivity contribution in [2.45, 2.75) is 46.0 Å². The van der Waals surface area contributed by atoms with E-state index in [9.17, 15) is 9.59 Å². The molecule has 0 N–H and O–H groups in total. The van der Waals surface area contributed by atoms with E-state index >= 15 is 0 Å². The minimum Gasteiger partial charge on any atom is -0.318 e. The summed E-state index contributed by atoms with van der Waals surface area (Å²) >= 11 is 0. The quantitative estimate of drug-likeness (QED) is 0.334. The van der Waals surface area contributed by atoms with Gasteiger partial charge in [0.15, 0.2) is 0 Å². The lowest BCUT2D eigenvalue weighted by atomic mass is 9.73. The molecule has 3 rings (SSSR count). The van der Waals surface area contributed by atoms with Gasteiger partial charge in [-0.3, -0.25) is 4.79 Å². The first-order chi connectivity index (χ1) is 12.4. The van der Waals surface area contributed by atoms with Crippen molar-refractivity contribution in [1.29, 1.82) is 0 Å². The average molecular weight is 349 g/mol. The first-order valence-corrected chi connectivity index (χ1v) is 8.96. The second kappa shape index (κ2) is 6.87. The zero-order valence-electron chi connectivity index (χ0n) is 15.6. The molecule has 0 bridgehead atoms. The number of carbonyl (C=O) groups is 2. The molecule has 4 heteroatoms. The molecule has 0 radical (unpaired) electrons. The van der Waals surface area contributed by atoms with Gasteiger partial charge in [0.25, 0.3) is 0 Å². The van der Waals surface area contributed by atoms with Crippen molar-refractivity contribution in [2.24, 2.45) is 5.16 Å². The number of Topliss-reactive ketones (excluding diaryl/α,β-unsaturated/α-hetero) is 1. The Morgan fingerprint density at radius 1 is 0.962 bits per heavy atom. The SMILES string of the molecule is CCC1(CC)c2ccccc2-c2ccc(C(=O)/C(C)=N/OC(C)=O)cc21. The van der Waals surface area contributed by atoms with Gasteiger partial charge >= 0.3 is 5.97 Å². The van der Waals surface area contributed by atoms with Crippen LogP contribution in [0.3, 0.4) is 0 Å². The van der Waals surface area contributed by atoms with E-state index in [-0.39, 0.29) is 16.9 Å². The highest BCUT2D eigenvalue weighted by atomic mass is 16.7. The van der Waals surface area contributed by atoms with E-state index in [0.29, 0.717) is 5.56 Å². The lowest BCUT2D eigenvalue weighted by molar-refractivity contribution is -0.140. The molecule has 26 heavy (non-hydrogen) atoms. The topological polar surface area (TPSA) is 55.7 Å². The third-order valence-electron chi connectivity index (χ3n) is 5.38. The monoisotopic (exact) mass is 349 g/mol. The first kappa shape index (κ1) is 18.1. The summed E-state index contributed by atoms with van der Waals surface area (Å²) in [7, 11) is 0. The molecule has 0 fully saturated rings. The number of carbonyl (C=O) groups excluding carboxylic acids is 2. The van der Waals surface area contributed by atoms with Gasteiger partial charge in [-0.25, -0.2) is 4.79 Å². The van der Waals surface area contributed by atoms with E-state index in [0.717, 1.165) is 12.8 Å². The molecular weight excluding hydrogens is 326 g/mol. The van der Waals surface area contributed by atoms with Crippen molar-refractivity contribution < 1.29 is 14.4 Å². The molecule has 4 nitrogen and oxygen atoms in total. The summed E-state index contributed by atoms with van der Waals surface area (Å²) in [4.78, 5) is 28.2. The summed E-state index contributed by atoms with van der Waals surface area (Å²) in [6, 6.07) is 14.3. The van der Waals surface area contributed by atoms with Gasteiger partial charge in [0.2, 0.25) is 5.78 Å². The van der Waals surface area contributed by atoms with Crippen LogP contribution in [0.15, 0.2) is 47.6 Å². The molecule has 2 aromatic rings. The number of benzene rings is 2. The summed E-state index contributed by atoms with van der Waals surface area (Å²) in [6.45, 7) is 7.19. The number of oxime groups is 1. The van der Waals surface area contributed by atoms with Crippen LogP contribution < -0.4 is 0 Å². The van der Waals surface area contributed by atoms with Crippen LogP contribution in [0.25, 0.3) is 11.1 Å². The van der Waals surface area contributed by atoms with Crippen LogP contribution in [-0.2, 0) is 15.0 Å². The Morgan fingerprint density at radius 3 is 2.27 bits per heavy atom. The first-order valence-electron chi connectivity index (χ1n) is 8.96. The van der Waals surface area contributed by atoms with Crippen LogP contribution in [0.1, 0.15) is 62.0 Å².